The molecule has 0 radical (unpaired) electrons. The van der Waals surface area contributed by atoms with Gasteiger partial charge >= 0.3 is 5.97 Å². The molecule has 160 valence electrons. The second kappa shape index (κ2) is 6.66. The van der Waals surface area contributed by atoms with Crippen LogP contribution in [0.25, 0.3) is 0 Å². The highest BCUT2D eigenvalue weighted by Crippen LogP contribution is 2.75. The lowest BCUT2D eigenvalue weighted by molar-refractivity contribution is -0.217. The van der Waals surface area contributed by atoms with E-state index in [2.05, 4.69) is 13.8 Å². The summed E-state index contributed by atoms with van der Waals surface area (Å²) in [5.74, 6) is 0.539. The summed E-state index contributed by atoms with van der Waals surface area (Å²) in [6.45, 7) is 4.37. The molecule has 4 rings (SSSR count). The number of hydrogen-bond acceptors (Lipinski definition) is 6. The first-order chi connectivity index (χ1) is 13.1. The quantitative estimate of drug-likeness (QED) is 0.538. The number of hydrogen-bond donors (Lipinski definition) is 4. The Bertz CT molecular complexity index is 642. The summed E-state index contributed by atoms with van der Waals surface area (Å²) in [6.07, 6.45) is 6.91. The van der Waals surface area contributed by atoms with E-state index in [0.29, 0.717) is 18.3 Å². The normalized spacial score (nSPS) is 52.6. The maximum Gasteiger partial charge on any atom is 0.319 e. The molecule has 0 aromatic heterocycles. The van der Waals surface area contributed by atoms with Crippen molar-refractivity contribution in [1.29, 1.82) is 0 Å². The summed E-state index contributed by atoms with van der Waals surface area (Å²) in [5, 5.41) is 32.2. The zero-order valence-electron chi connectivity index (χ0n) is 17.3. The van der Waals surface area contributed by atoms with Crippen molar-refractivity contribution in [3.8, 4) is 0 Å². The van der Waals surface area contributed by atoms with E-state index >= 15 is 0 Å². The molecule has 4 saturated carbocycles. The fourth-order valence-corrected chi connectivity index (χ4v) is 8.18. The van der Waals surface area contributed by atoms with Gasteiger partial charge in [0.15, 0.2) is 0 Å². The van der Waals surface area contributed by atoms with Crippen molar-refractivity contribution in [3.63, 3.8) is 0 Å². The van der Waals surface area contributed by atoms with Gasteiger partial charge in [-0.1, -0.05) is 13.8 Å². The molecular formula is C22H37NO5. The minimum Gasteiger partial charge on any atom is -0.462 e. The molecule has 0 saturated heterocycles. The van der Waals surface area contributed by atoms with E-state index in [4.69, 9.17) is 10.5 Å². The lowest BCUT2D eigenvalue weighted by atomic mass is 9.39. The van der Waals surface area contributed by atoms with Gasteiger partial charge in [0.05, 0.1) is 19.3 Å². The smallest absolute Gasteiger partial charge is 0.319 e. The molecule has 0 aromatic carbocycles. The molecule has 0 aromatic rings. The van der Waals surface area contributed by atoms with Crippen molar-refractivity contribution in [1.82, 2.24) is 0 Å². The standard InChI is InChI=1S/C22H37NO5/c1-19(12-24)16-4-3-14-9-15-10-21(14,20(16,2)6-5-17(19)25)7-8-22(15,27)13-28-18(26)11-23/h14-17,24-25,27H,3-13,23H2,1-2H3/t14-,15+,16-,17+,19-,20-,21+,22+/m0/s1. The van der Waals surface area contributed by atoms with Crippen LogP contribution in [0.2, 0.25) is 0 Å². The van der Waals surface area contributed by atoms with Crippen molar-refractivity contribution in [3.05, 3.63) is 0 Å². The van der Waals surface area contributed by atoms with Crippen LogP contribution in [0, 0.1) is 34.0 Å². The number of carbonyl (C=O) groups is 1. The van der Waals surface area contributed by atoms with Crippen LogP contribution in [-0.4, -0.2) is 52.8 Å². The van der Waals surface area contributed by atoms with Gasteiger partial charge in [-0.25, -0.2) is 0 Å². The molecule has 0 unspecified atom stereocenters. The third-order valence-electron chi connectivity index (χ3n) is 9.92. The summed E-state index contributed by atoms with van der Waals surface area (Å²) in [5.41, 5.74) is 4.16. The number of fused-ring (bicyclic) bond motifs is 2. The second-order valence-corrected chi connectivity index (χ2v) is 10.7. The minimum atomic E-state index is -0.951. The van der Waals surface area contributed by atoms with Crippen molar-refractivity contribution in [2.45, 2.75) is 76.9 Å². The Labute approximate surface area is 167 Å². The molecule has 4 fully saturated rings. The fraction of sp³-hybridized carbons (Fsp3) is 0.955. The number of carbonyl (C=O) groups excluding carboxylic acids is 1. The molecule has 5 N–H and O–H groups in total. The van der Waals surface area contributed by atoms with E-state index in [1.807, 2.05) is 0 Å². The largest absolute Gasteiger partial charge is 0.462 e. The van der Waals surface area contributed by atoms with Crippen LogP contribution in [0.4, 0.5) is 0 Å². The van der Waals surface area contributed by atoms with Crippen LogP contribution in [-0.2, 0) is 9.53 Å². The molecule has 28 heavy (non-hydrogen) atoms. The third-order valence-corrected chi connectivity index (χ3v) is 9.92. The van der Waals surface area contributed by atoms with E-state index in [0.717, 1.165) is 44.9 Å². The highest BCUT2D eigenvalue weighted by atomic mass is 16.5. The Morgan fingerprint density at radius 2 is 1.89 bits per heavy atom. The Hall–Kier alpha value is -0.690. The van der Waals surface area contributed by atoms with E-state index < -0.39 is 23.1 Å². The number of aliphatic hydroxyl groups excluding tert-OH is 2. The zero-order chi connectivity index (χ0) is 20.4. The monoisotopic (exact) mass is 395 g/mol. The molecular weight excluding hydrogens is 358 g/mol. The third kappa shape index (κ3) is 2.57. The number of esters is 1. The number of nitrogens with two attached hydrogens (primary N) is 1. The van der Waals surface area contributed by atoms with E-state index in [1.54, 1.807) is 0 Å². The number of ether oxygens (including phenoxy) is 1. The lowest BCUT2D eigenvalue weighted by Gasteiger charge is -2.66. The Morgan fingerprint density at radius 3 is 2.57 bits per heavy atom. The molecule has 0 amide bonds. The summed E-state index contributed by atoms with van der Waals surface area (Å²) < 4.78 is 5.25. The highest BCUT2D eigenvalue weighted by Gasteiger charge is 2.70. The van der Waals surface area contributed by atoms with Gasteiger partial charge in [-0.2, -0.15) is 0 Å². The molecule has 1 spiro atoms. The summed E-state index contributed by atoms with van der Waals surface area (Å²) in [6, 6.07) is 0. The van der Waals surface area contributed by atoms with Gasteiger partial charge in [-0.15, -0.1) is 0 Å². The van der Waals surface area contributed by atoms with Crippen LogP contribution in [0.1, 0.15) is 65.2 Å². The zero-order valence-corrected chi connectivity index (χ0v) is 17.3. The minimum absolute atomic E-state index is 0.0254. The SMILES string of the molecule is C[C@@]1(CO)[C@H](O)CC[C@@]2(C)[C@H]1CC[C@H]1C[C@@H]3C[C@]12CC[C@@]3(O)COC(=O)CN. The first kappa shape index (κ1) is 20.6. The summed E-state index contributed by atoms with van der Waals surface area (Å²) >= 11 is 0. The molecule has 0 aliphatic heterocycles. The Kier molecular flexibility index (Phi) is 4.89. The summed E-state index contributed by atoms with van der Waals surface area (Å²) in [7, 11) is 0. The maximum absolute atomic E-state index is 11.5. The molecule has 6 nitrogen and oxygen atoms in total. The summed E-state index contributed by atoms with van der Waals surface area (Å²) in [4.78, 5) is 11.5. The van der Waals surface area contributed by atoms with Gasteiger partial charge in [0.2, 0.25) is 0 Å². The van der Waals surface area contributed by atoms with Gasteiger partial charge in [0.25, 0.3) is 0 Å². The van der Waals surface area contributed by atoms with E-state index in [9.17, 15) is 20.1 Å². The van der Waals surface area contributed by atoms with Gasteiger partial charge in [0, 0.05) is 5.41 Å². The lowest BCUT2D eigenvalue weighted by Crippen LogP contribution is -2.63. The Balaban J connectivity index is 1.62. The van der Waals surface area contributed by atoms with Crippen LogP contribution in [0.3, 0.4) is 0 Å². The van der Waals surface area contributed by atoms with E-state index in [-0.39, 0.29) is 36.5 Å². The van der Waals surface area contributed by atoms with Gasteiger partial charge in [0.1, 0.15) is 12.2 Å². The van der Waals surface area contributed by atoms with Crippen molar-refractivity contribution in [2.24, 2.45) is 39.7 Å². The number of rotatable bonds is 4. The maximum atomic E-state index is 11.5. The molecule has 8 atom stereocenters. The van der Waals surface area contributed by atoms with Crippen molar-refractivity contribution < 1.29 is 24.9 Å². The molecule has 4 aliphatic carbocycles. The predicted octanol–water partition coefficient (Wildman–Crippen LogP) is 1.60. The topological polar surface area (TPSA) is 113 Å². The van der Waals surface area contributed by atoms with Crippen LogP contribution in [0.5, 0.6) is 0 Å². The number of aliphatic hydroxyl groups is 3. The average Bonchev–Trinajstić information content (AvgIpc) is 3.04. The van der Waals surface area contributed by atoms with Gasteiger partial charge < -0.3 is 25.8 Å². The van der Waals surface area contributed by atoms with E-state index in [1.165, 1.54) is 0 Å². The first-order valence-corrected chi connectivity index (χ1v) is 11.0. The molecule has 0 heterocycles. The van der Waals surface area contributed by atoms with Crippen molar-refractivity contribution >= 4 is 5.97 Å². The van der Waals surface area contributed by atoms with Gasteiger partial charge in [-0.3, -0.25) is 4.79 Å². The molecule has 6 heteroatoms. The second-order valence-electron chi connectivity index (χ2n) is 10.7. The predicted molar refractivity (Wildman–Crippen MR) is 104 cm³/mol. The fourth-order valence-electron chi connectivity index (χ4n) is 8.18. The van der Waals surface area contributed by atoms with Crippen LogP contribution >= 0.6 is 0 Å². The van der Waals surface area contributed by atoms with Gasteiger partial charge in [-0.05, 0) is 80.0 Å². The average molecular weight is 396 g/mol. The highest BCUT2D eigenvalue weighted by molar-refractivity contribution is 5.71. The van der Waals surface area contributed by atoms with Crippen molar-refractivity contribution in [2.75, 3.05) is 19.8 Å². The van der Waals surface area contributed by atoms with Crippen LogP contribution < -0.4 is 5.73 Å². The Morgan fingerprint density at radius 1 is 1.14 bits per heavy atom. The first-order valence-electron chi connectivity index (χ1n) is 11.0. The van der Waals surface area contributed by atoms with Crippen LogP contribution in [0.15, 0.2) is 0 Å². The molecule has 2 bridgehead atoms. The molecule has 4 aliphatic rings.